The molecule has 0 saturated carbocycles. The van der Waals surface area contributed by atoms with Crippen molar-refractivity contribution in [2.45, 2.75) is 39.2 Å². The Kier molecular flexibility index (Phi) is 4.75. The van der Waals surface area contributed by atoms with Crippen LogP contribution in [-0.4, -0.2) is 74.4 Å². The van der Waals surface area contributed by atoms with Gasteiger partial charge in [0.2, 0.25) is 0 Å². The highest BCUT2D eigenvalue weighted by atomic mass is 16.5. The molecule has 20 heavy (non-hydrogen) atoms. The van der Waals surface area contributed by atoms with Crippen LogP contribution in [0.2, 0.25) is 0 Å². The molecule has 2 bridgehead atoms. The molecule has 3 aliphatic rings. The molecule has 3 aliphatic heterocycles. The quantitative estimate of drug-likeness (QED) is 0.547. The fraction of sp³-hybridized carbons (Fsp3) is 0.938. The summed E-state index contributed by atoms with van der Waals surface area (Å²) in [6, 6.07) is 0.101. The van der Waals surface area contributed by atoms with E-state index >= 15 is 0 Å². The van der Waals surface area contributed by atoms with Gasteiger partial charge in [-0.3, -0.25) is 0 Å². The predicted molar refractivity (Wildman–Crippen MR) is 80.1 cm³/mol. The number of nitrogens with zero attached hydrogens (tertiary/aromatic N) is 2. The van der Waals surface area contributed by atoms with E-state index in [9.17, 15) is 4.79 Å². The number of ether oxygens (including phenoxy) is 1. The first-order valence-corrected chi connectivity index (χ1v) is 8.27. The van der Waals surface area contributed by atoms with Crippen molar-refractivity contribution in [2.24, 2.45) is 5.92 Å². The van der Waals surface area contributed by atoms with E-state index in [1.54, 1.807) is 0 Å². The number of piperidine rings is 3. The number of quaternary nitrogens is 2. The van der Waals surface area contributed by atoms with E-state index < -0.39 is 0 Å². The Morgan fingerprint density at radius 1 is 1.25 bits per heavy atom. The first kappa shape index (κ1) is 15.8. The zero-order valence-corrected chi connectivity index (χ0v) is 13.7. The first-order chi connectivity index (χ1) is 9.42. The SMILES string of the molecule is CC[N+](C)(CC)CCOC(=O)C1CC2CC[N+]1(C)CC2. The van der Waals surface area contributed by atoms with Gasteiger partial charge in [0, 0.05) is 6.42 Å². The third kappa shape index (κ3) is 3.17. The minimum absolute atomic E-state index is 0.0515. The summed E-state index contributed by atoms with van der Waals surface area (Å²) in [4.78, 5) is 12.4. The van der Waals surface area contributed by atoms with Crippen LogP contribution in [-0.2, 0) is 9.53 Å². The lowest BCUT2D eigenvalue weighted by Crippen LogP contribution is -2.64. The number of likely N-dealkylation sites (N-methyl/N-ethyl adjacent to an activating group) is 2. The monoisotopic (exact) mass is 284 g/mol. The normalized spacial score (nSPS) is 33.2. The van der Waals surface area contributed by atoms with Crippen LogP contribution in [0.3, 0.4) is 0 Å². The fourth-order valence-corrected chi connectivity index (χ4v) is 3.68. The van der Waals surface area contributed by atoms with E-state index in [0.717, 1.165) is 54.0 Å². The number of carbonyl (C=O) groups is 1. The van der Waals surface area contributed by atoms with Gasteiger partial charge in [-0.25, -0.2) is 4.79 Å². The highest BCUT2D eigenvalue weighted by Crippen LogP contribution is 2.37. The van der Waals surface area contributed by atoms with Gasteiger partial charge < -0.3 is 13.7 Å². The Bertz CT molecular complexity index is 344. The van der Waals surface area contributed by atoms with Crippen LogP contribution < -0.4 is 0 Å². The van der Waals surface area contributed by atoms with Gasteiger partial charge in [-0.2, -0.15) is 0 Å². The van der Waals surface area contributed by atoms with Crippen molar-refractivity contribution in [1.82, 2.24) is 0 Å². The van der Waals surface area contributed by atoms with E-state index in [0.29, 0.717) is 6.61 Å². The minimum Gasteiger partial charge on any atom is -0.455 e. The van der Waals surface area contributed by atoms with E-state index in [2.05, 4.69) is 27.9 Å². The second kappa shape index (κ2) is 6.02. The van der Waals surface area contributed by atoms with Gasteiger partial charge in [-0.1, -0.05) is 0 Å². The Morgan fingerprint density at radius 2 is 1.85 bits per heavy atom. The Hall–Kier alpha value is -0.610. The van der Waals surface area contributed by atoms with E-state index in [1.807, 2.05) is 0 Å². The number of rotatable bonds is 6. The highest BCUT2D eigenvalue weighted by Gasteiger charge is 2.49. The summed E-state index contributed by atoms with van der Waals surface area (Å²) in [5.74, 6) is 0.815. The second-order valence-electron chi connectivity index (χ2n) is 7.26. The van der Waals surface area contributed by atoms with E-state index in [1.165, 1.54) is 12.8 Å². The molecule has 4 nitrogen and oxygen atoms in total. The molecule has 0 spiro atoms. The average molecular weight is 284 g/mol. The lowest BCUT2D eigenvalue weighted by Gasteiger charge is -2.50. The summed E-state index contributed by atoms with van der Waals surface area (Å²) in [5.41, 5.74) is 0. The van der Waals surface area contributed by atoms with Gasteiger partial charge in [0.1, 0.15) is 13.2 Å². The van der Waals surface area contributed by atoms with Crippen LogP contribution in [0.1, 0.15) is 33.1 Å². The van der Waals surface area contributed by atoms with Crippen molar-refractivity contribution in [3.05, 3.63) is 0 Å². The summed E-state index contributed by atoms with van der Waals surface area (Å²) in [7, 11) is 4.47. The smallest absolute Gasteiger partial charge is 0.365 e. The standard InChI is InChI=1S/C16H32N2O2/c1-5-17(3,6-2)11-12-20-16(19)15-13-14-7-9-18(15,4)10-8-14/h14-15H,5-13H2,1-4H3/q+2. The van der Waals surface area contributed by atoms with Crippen LogP contribution in [0, 0.1) is 5.92 Å². The van der Waals surface area contributed by atoms with Crippen molar-refractivity contribution in [1.29, 1.82) is 0 Å². The third-order valence-electron chi connectivity index (χ3n) is 6.08. The molecular weight excluding hydrogens is 252 g/mol. The fourth-order valence-electron chi connectivity index (χ4n) is 3.68. The molecular formula is C16H32N2O2+2. The topological polar surface area (TPSA) is 26.3 Å². The third-order valence-corrected chi connectivity index (χ3v) is 6.08. The van der Waals surface area contributed by atoms with Crippen molar-refractivity contribution >= 4 is 5.97 Å². The molecule has 0 aromatic rings. The molecule has 0 aliphatic carbocycles. The number of fused-ring (bicyclic) bond motifs is 3. The van der Waals surface area contributed by atoms with Crippen LogP contribution in [0.25, 0.3) is 0 Å². The van der Waals surface area contributed by atoms with Gasteiger partial charge in [0.25, 0.3) is 0 Å². The van der Waals surface area contributed by atoms with Gasteiger partial charge in [-0.15, -0.1) is 0 Å². The minimum atomic E-state index is 0.0515. The summed E-state index contributed by atoms with van der Waals surface area (Å²) >= 11 is 0. The molecule has 3 fully saturated rings. The van der Waals surface area contributed by atoms with Crippen molar-refractivity contribution in [2.75, 3.05) is 53.4 Å². The zero-order chi connectivity index (χ0) is 14.8. The lowest BCUT2D eigenvalue weighted by atomic mass is 9.81. The van der Waals surface area contributed by atoms with Crippen LogP contribution in [0.4, 0.5) is 0 Å². The molecule has 1 unspecified atom stereocenters. The van der Waals surface area contributed by atoms with E-state index in [-0.39, 0.29) is 12.0 Å². The van der Waals surface area contributed by atoms with Crippen LogP contribution in [0.5, 0.6) is 0 Å². The molecule has 0 N–H and O–H groups in total. The largest absolute Gasteiger partial charge is 0.455 e. The number of esters is 1. The number of carbonyl (C=O) groups excluding carboxylic acids is 1. The maximum Gasteiger partial charge on any atom is 0.365 e. The molecule has 1 atom stereocenters. The van der Waals surface area contributed by atoms with Gasteiger partial charge >= 0.3 is 5.97 Å². The lowest BCUT2D eigenvalue weighted by molar-refractivity contribution is -0.940. The summed E-state index contributed by atoms with van der Waals surface area (Å²) < 4.78 is 7.53. The molecule has 3 saturated heterocycles. The molecule has 0 amide bonds. The maximum absolute atomic E-state index is 12.4. The van der Waals surface area contributed by atoms with Gasteiger partial charge in [0.05, 0.1) is 40.3 Å². The highest BCUT2D eigenvalue weighted by molar-refractivity contribution is 5.74. The first-order valence-electron chi connectivity index (χ1n) is 8.27. The molecule has 3 heterocycles. The Labute approximate surface area is 123 Å². The van der Waals surface area contributed by atoms with Crippen molar-refractivity contribution in [3.8, 4) is 0 Å². The van der Waals surface area contributed by atoms with Crippen molar-refractivity contribution in [3.63, 3.8) is 0 Å². The molecule has 116 valence electrons. The van der Waals surface area contributed by atoms with Crippen LogP contribution in [0.15, 0.2) is 0 Å². The summed E-state index contributed by atoms with van der Waals surface area (Å²) in [5, 5.41) is 0. The number of hydrogen-bond donors (Lipinski definition) is 0. The second-order valence-corrected chi connectivity index (χ2v) is 7.26. The van der Waals surface area contributed by atoms with Crippen molar-refractivity contribution < 1.29 is 18.5 Å². The average Bonchev–Trinajstić information content (AvgIpc) is 2.47. The summed E-state index contributed by atoms with van der Waals surface area (Å²) in [6.07, 6.45) is 3.63. The van der Waals surface area contributed by atoms with Crippen LogP contribution >= 0.6 is 0 Å². The Morgan fingerprint density at radius 3 is 2.35 bits per heavy atom. The van der Waals surface area contributed by atoms with Gasteiger partial charge in [0.15, 0.2) is 6.04 Å². The molecule has 0 radical (unpaired) electrons. The zero-order valence-electron chi connectivity index (χ0n) is 13.7. The molecule has 0 aromatic heterocycles. The van der Waals surface area contributed by atoms with Gasteiger partial charge in [-0.05, 0) is 32.6 Å². The predicted octanol–water partition coefficient (Wildman–Crippen LogP) is 1.64. The molecule has 4 heteroatoms. The summed E-state index contributed by atoms with van der Waals surface area (Å²) in [6.45, 7) is 10.4. The molecule has 0 aromatic carbocycles. The number of hydrogen-bond acceptors (Lipinski definition) is 2. The molecule has 3 rings (SSSR count). The van der Waals surface area contributed by atoms with E-state index in [4.69, 9.17) is 4.74 Å². The Balaban J connectivity index is 1.84. The maximum atomic E-state index is 12.4.